The molecule has 1 aliphatic heterocycles. The summed E-state index contributed by atoms with van der Waals surface area (Å²) in [5, 5.41) is 14.4. The zero-order valence-electron chi connectivity index (χ0n) is 9.91. The SMILES string of the molecule is Cn1ncc2c3n(cc2c1=N)CC(C)(C)C3. The molecule has 0 unspecified atom stereocenters. The number of nitrogens with one attached hydrogen (secondary N) is 1. The average Bonchev–Trinajstić information content (AvgIpc) is 2.64. The Labute approximate surface area is 94.0 Å². The molecule has 16 heavy (non-hydrogen) atoms. The summed E-state index contributed by atoms with van der Waals surface area (Å²) in [4.78, 5) is 0. The van der Waals surface area contributed by atoms with Crippen LogP contribution in [0.4, 0.5) is 0 Å². The highest BCUT2D eigenvalue weighted by Crippen LogP contribution is 2.35. The van der Waals surface area contributed by atoms with Crippen molar-refractivity contribution < 1.29 is 0 Å². The molecule has 0 saturated carbocycles. The molecule has 0 fully saturated rings. The van der Waals surface area contributed by atoms with Crippen LogP contribution in [-0.4, -0.2) is 14.3 Å². The van der Waals surface area contributed by atoms with Gasteiger partial charge in [-0.1, -0.05) is 13.8 Å². The summed E-state index contributed by atoms with van der Waals surface area (Å²) in [5.41, 5.74) is 2.17. The lowest BCUT2D eigenvalue weighted by molar-refractivity contribution is 0.359. The van der Waals surface area contributed by atoms with E-state index in [-0.39, 0.29) is 0 Å². The topological polar surface area (TPSA) is 46.6 Å². The molecule has 1 N–H and O–H groups in total. The fourth-order valence-electron chi connectivity index (χ4n) is 2.63. The van der Waals surface area contributed by atoms with Gasteiger partial charge in [0, 0.05) is 36.3 Å². The Morgan fingerprint density at radius 2 is 2.12 bits per heavy atom. The first-order valence-electron chi connectivity index (χ1n) is 5.57. The van der Waals surface area contributed by atoms with Gasteiger partial charge >= 0.3 is 0 Å². The maximum Gasteiger partial charge on any atom is 0.150 e. The molecular weight excluding hydrogens is 200 g/mol. The highest BCUT2D eigenvalue weighted by atomic mass is 15.2. The number of hydrogen-bond acceptors (Lipinski definition) is 2. The van der Waals surface area contributed by atoms with Gasteiger partial charge in [0.05, 0.1) is 6.20 Å². The van der Waals surface area contributed by atoms with Crippen molar-refractivity contribution in [3.05, 3.63) is 23.6 Å². The molecule has 0 aromatic carbocycles. The van der Waals surface area contributed by atoms with E-state index in [4.69, 9.17) is 5.41 Å². The van der Waals surface area contributed by atoms with Crippen LogP contribution in [0.25, 0.3) is 10.8 Å². The molecule has 3 rings (SSSR count). The van der Waals surface area contributed by atoms with Crippen LogP contribution in [0.5, 0.6) is 0 Å². The summed E-state index contributed by atoms with van der Waals surface area (Å²) in [7, 11) is 1.81. The smallest absolute Gasteiger partial charge is 0.150 e. The normalized spacial score (nSPS) is 17.9. The van der Waals surface area contributed by atoms with Crippen LogP contribution in [0.1, 0.15) is 19.5 Å². The van der Waals surface area contributed by atoms with Crippen LogP contribution < -0.4 is 5.49 Å². The molecule has 0 bridgehead atoms. The first kappa shape index (κ1) is 9.63. The van der Waals surface area contributed by atoms with Crippen LogP contribution in [0.15, 0.2) is 12.4 Å². The molecular formula is C12H16N4. The van der Waals surface area contributed by atoms with Gasteiger partial charge in [0.2, 0.25) is 0 Å². The monoisotopic (exact) mass is 216 g/mol. The number of nitrogens with zero attached hydrogens (tertiary/aromatic N) is 3. The zero-order valence-corrected chi connectivity index (χ0v) is 9.91. The molecule has 84 valence electrons. The molecule has 0 aliphatic carbocycles. The Balaban J connectivity index is 2.33. The number of aryl methyl sites for hydroxylation is 1. The van der Waals surface area contributed by atoms with Gasteiger partial charge in [0.1, 0.15) is 0 Å². The van der Waals surface area contributed by atoms with Crippen LogP contribution in [0.2, 0.25) is 0 Å². The molecule has 0 saturated heterocycles. The maximum atomic E-state index is 7.98. The molecule has 1 aliphatic rings. The van der Waals surface area contributed by atoms with Crippen molar-refractivity contribution in [2.75, 3.05) is 0 Å². The maximum absolute atomic E-state index is 7.98. The summed E-state index contributed by atoms with van der Waals surface area (Å²) < 4.78 is 3.90. The number of aromatic nitrogens is 3. The van der Waals surface area contributed by atoms with E-state index in [1.54, 1.807) is 4.68 Å². The lowest BCUT2D eigenvalue weighted by atomic mass is 9.90. The molecule has 0 amide bonds. The van der Waals surface area contributed by atoms with E-state index in [1.807, 2.05) is 13.2 Å². The standard InChI is InChI=1S/C12H16N4/c1-12(2)4-10-8-5-14-15(3)11(13)9(8)6-16(10)7-12/h5-6,13H,4,7H2,1-3H3. The third kappa shape index (κ3) is 1.16. The molecule has 2 aromatic rings. The van der Waals surface area contributed by atoms with Crippen LogP contribution in [0, 0.1) is 10.8 Å². The van der Waals surface area contributed by atoms with Gasteiger partial charge in [-0.15, -0.1) is 0 Å². The second-order valence-corrected chi connectivity index (χ2v) is 5.49. The van der Waals surface area contributed by atoms with Crippen molar-refractivity contribution in [1.82, 2.24) is 14.3 Å². The van der Waals surface area contributed by atoms with E-state index in [0.29, 0.717) is 10.9 Å². The number of rotatable bonds is 0. The summed E-state index contributed by atoms with van der Waals surface area (Å²) in [5.74, 6) is 0. The third-order valence-electron chi connectivity index (χ3n) is 3.42. The van der Waals surface area contributed by atoms with Crippen molar-refractivity contribution in [3.8, 4) is 0 Å². The third-order valence-corrected chi connectivity index (χ3v) is 3.42. The molecule has 4 heteroatoms. The Morgan fingerprint density at radius 3 is 2.88 bits per heavy atom. The largest absolute Gasteiger partial charge is 0.349 e. The Hall–Kier alpha value is -1.58. The van der Waals surface area contributed by atoms with Gasteiger partial charge in [-0.05, 0) is 11.8 Å². The predicted molar refractivity (Wildman–Crippen MR) is 62.0 cm³/mol. The van der Waals surface area contributed by atoms with Gasteiger partial charge < -0.3 is 4.57 Å². The minimum Gasteiger partial charge on any atom is -0.349 e. The molecule has 2 aromatic heterocycles. The quantitative estimate of drug-likeness (QED) is 0.711. The van der Waals surface area contributed by atoms with Crippen molar-refractivity contribution >= 4 is 10.8 Å². The van der Waals surface area contributed by atoms with E-state index < -0.39 is 0 Å². The summed E-state index contributed by atoms with van der Waals surface area (Å²) in [6.45, 7) is 5.60. The van der Waals surface area contributed by atoms with Gasteiger partial charge in [-0.2, -0.15) is 5.10 Å². The van der Waals surface area contributed by atoms with Crippen LogP contribution in [0.3, 0.4) is 0 Å². The lowest BCUT2D eigenvalue weighted by Crippen LogP contribution is -2.19. The van der Waals surface area contributed by atoms with E-state index >= 15 is 0 Å². The fraction of sp³-hybridized carbons (Fsp3) is 0.500. The first-order valence-corrected chi connectivity index (χ1v) is 5.57. The summed E-state index contributed by atoms with van der Waals surface area (Å²) >= 11 is 0. The number of fused-ring (bicyclic) bond motifs is 3. The fourth-order valence-corrected chi connectivity index (χ4v) is 2.63. The van der Waals surface area contributed by atoms with E-state index in [2.05, 4.69) is 29.7 Å². The molecule has 4 nitrogen and oxygen atoms in total. The number of hydrogen-bond donors (Lipinski definition) is 1. The zero-order chi connectivity index (χ0) is 11.5. The highest BCUT2D eigenvalue weighted by molar-refractivity contribution is 5.84. The van der Waals surface area contributed by atoms with Gasteiger partial charge in [-0.25, -0.2) is 0 Å². The Bertz CT molecular complexity index is 630. The predicted octanol–water partition coefficient (Wildman–Crippen LogP) is 1.44. The summed E-state index contributed by atoms with van der Waals surface area (Å²) in [6.07, 6.45) is 5.06. The second kappa shape index (κ2) is 2.75. The lowest BCUT2D eigenvalue weighted by Gasteiger charge is -2.15. The van der Waals surface area contributed by atoms with E-state index in [9.17, 15) is 0 Å². The van der Waals surface area contributed by atoms with Crippen molar-refractivity contribution in [2.45, 2.75) is 26.8 Å². The summed E-state index contributed by atoms with van der Waals surface area (Å²) in [6, 6.07) is 0. The van der Waals surface area contributed by atoms with Crippen LogP contribution in [-0.2, 0) is 20.0 Å². The minimum absolute atomic E-state index is 0.337. The Kier molecular flexibility index (Phi) is 1.66. The average molecular weight is 216 g/mol. The highest BCUT2D eigenvalue weighted by Gasteiger charge is 2.30. The second-order valence-electron chi connectivity index (χ2n) is 5.49. The Morgan fingerprint density at radius 1 is 1.38 bits per heavy atom. The van der Waals surface area contributed by atoms with Gasteiger partial charge in [-0.3, -0.25) is 10.1 Å². The molecule has 0 radical (unpaired) electrons. The van der Waals surface area contributed by atoms with Crippen molar-refractivity contribution in [1.29, 1.82) is 5.41 Å². The molecule has 3 heterocycles. The van der Waals surface area contributed by atoms with Gasteiger partial charge in [0.25, 0.3) is 0 Å². The molecule has 0 spiro atoms. The minimum atomic E-state index is 0.337. The first-order chi connectivity index (χ1) is 7.48. The van der Waals surface area contributed by atoms with Crippen molar-refractivity contribution in [2.24, 2.45) is 12.5 Å². The van der Waals surface area contributed by atoms with E-state index in [1.165, 1.54) is 5.69 Å². The molecule has 0 atom stereocenters. The van der Waals surface area contributed by atoms with Gasteiger partial charge in [0.15, 0.2) is 5.49 Å². The van der Waals surface area contributed by atoms with Crippen molar-refractivity contribution in [3.63, 3.8) is 0 Å². The van der Waals surface area contributed by atoms with Crippen LogP contribution >= 0.6 is 0 Å². The van der Waals surface area contributed by atoms with E-state index in [0.717, 1.165) is 23.7 Å².